The highest BCUT2D eigenvalue weighted by molar-refractivity contribution is 5.75. The number of rotatable bonds is 2. The molecule has 2 aromatic rings. The minimum atomic E-state index is -0.00358. The van der Waals surface area contributed by atoms with Gasteiger partial charge in [0.2, 0.25) is 5.95 Å². The van der Waals surface area contributed by atoms with Crippen LogP contribution in [-0.2, 0) is 6.42 Å². The van der Waals surface area contributed by atoms with Crippen molar-refractivity contribution in [2.75, 3.05) is 31.1 Å². The number of furan rings is 1. The van der Waals surface area contributed by atoms with E-state index in [9.17, 15) is 4.79 Å². The minimum absolute atomic E-state index is 0.00358. The zero-order valence-electron chi connectivity index (χ0n) is 16.2. The molecule has 1 atom stereocenters. The van der Waals surface area contributed by atoms with Crippen molar-refractivity contribution in [1.29, 1.82) is 0 Å². The summed E-state index contributed by atoms with van der Waals surface area (Å²) in [5, 5.41) is 3.25. The van der Waals surface area contributed by atoms with E-state index in [1.165, 1.54) is 0 Å². The summed E-state index contributed by atoms with van der Waals surface area (Å²) in [6.07, 6.45) is 5.33. The number of nitrogens with zero attached hydrogens (tertiary/aromatic N) is 4. The highest BCUT2D eigenvalue weighted by Crippen LogP contribution is 2.42. The normalized spacial score (nSPS) is 21.7. The summed E-state index contributed by atoms with van der Waals surface area (Å²) in [6.45, 7) is 9.23. The number of urea groups is 1. The number of fused-ring (bicyclic) bond motifs is 1. The van der Waals surface area contributed by atoms with Gasteiger partial charge < -0.3 is 19.5 Å². The van der Waals surface area contributed by atoms with Gasteiger partial charge in [-0.1, -0.05) is 13.8 Å². The van der Waals surface area contributed by atoms with Gasteiger partial charge in [0.05, 0.1) is 6.04 Å². The molecule has 0 saturated carbocycles. The first-order chi connectivity index (χ1) is 12.9. The van der Waals surface area contributed by atoms with Gasteiger partial charge in [-0.05, 0) is 30.9 Å². The zero-order valence-corrected chi connectivity index (χ0v) is 16.2. The SMILES string of the molecule is Cc1cc2c(o1)CC(C)(C)CC2NC(=O)N1CCN(c2ncccn2)CC1. The monoisotopic (exact) mass is 369 g/mol. The van der Waals surface area contributed by atoms with E-state index in [4.69, 9.17) is 4.42 Å². The number of carbonyl (C=O) groups excluding carboxylic acids is 1. The van der Waals surface area contributed by atoms with Gasteiger partial charge in [0.25, 0.3) is 0 Å². The van der Waals surface area contributed by atoms with Crippen LogP contribution in [0, 0.1) is 12.3 Å². The minimum Gasteiger partial charge on any atom is -0.466 e. The Kier molecular flexibility index (Phi) is 4.53. The van der Waals surface area contributed by atoms with Crippen LogP contribution in [0.4, 0.5) is 10.7 Å². The Balaban J connectivity index is 1.40. The second-order valence-corrected chi connectivity index (χ2v) is 8.31. The lowest BCUT2D eigenvalue weighted by Gasteiger charge is -2.38. The van der Waals surface area contributed by atoms with Crippen LogP contribution in [0.5, 0.6) is 0 Å². The lowest BCUT2D eigenvalue weighted by Crippen LogP contribution is -2.53. The van der Waals surface area contributed by atoms with Crippen molar-refractivity contribution in [2.24, 2.45) is 5.41 Å². The van der Waals surface area contributed by atoms with Gasteiger partial charge in [-0.15, -0.1) is 0 Å². The van der Waals surface area contributed by atoms with Gasteiger partial charge in [-0.25, -0.2) is 14.8 Å². The lowest BCUT2D eigenvalue weighted by atomic mass is 9.75. The van der Waals surface area contributed by atoms with Crippen LogP contribution in [0.25, 0.3) is 0 Å². The number of piperazine rings is 1. The molecule has 7 heteroatoms. The molecule has 1 aliphatic heterocycles. The maximum absolute atomic E-state index is 12.9. The van der Waals surface area contributed by atoms with Crippen molar-refractivity contribution < 1.29 is 9.21 Å². The van der Waals surface area contributed by atoms with E-state index < -0.39 is 0 Å². The van der Waals surface area contributed by atoms with Crippen molar-refractivity contribution in [3.8, 4) is 0 Å². The summed E-state index contributed by atoms with van der Waals surface area (Å²) >= 11 is 0. The average molecular weight is 369 g/mol. The molecule has 27 heavy (non-hydrogen) atoms. The van der Waals surface area contributed by atoms with Crippen LogP contribution >= 0.6 is 0 Å². The molecule has 2 amide bonds. The Bertz CT molecular complexity index is 809. The number of aryl methyl sites for hydroxylation is 1. The van der Waals surface area contributed by atoms with E-state index in [0.29, 0.717) is 13.1 Å². The maximum Gasteiger partial charge on any atom is 0.318 e. The summed E-state index contributed by atoms with van der Waals surface area (Å²) in [5.74, 6) is 2.65. The largest absolute Gasteiger partial charge is 0.466 e. The second-order valence-electron chi connectivity index (χ2n) is 8.31. The van der Waals surface area contributed by atoms with E-state index in [-0.39, 0.29) is 17.5 Å². The molecular formula is C20H27N5O2. The van der Waals surface area contributed by atoms with Gasteiger partial charge in [-0.2, -0.15) is 0 Å². The molecule has 1 fully saturated rings. The first-order valence-corrected chi connectivity index (χ1v) is 9.58. The molecule has 2 aromatic heterocycles. The number of carbonyl (C=O) groups is 1. The van der Waals surface area contributed by atoms with Crippen molar-refractivity contribution in [1.82, 2.24) is 20.2 Å². The van der Waals surface area contributed by atoms with Crippen LogP contribution < -0.4 is 10.2 Å². The molecule has 3 heterocycles. The van der Waals surface area contributed by atoms with E-state index in [0.717, 1.165) is 49.0 Å². The molecule has 2 aliphatic rings. The summed E-state index contributed by atoms with van der Waals surface area (Å²) in [4.78, 5) is 25.5. The van der Waals surface area contributed by atoms with E-state index in [1.54, 1.807) is 12.4 Å². The van der Waals surface area contributed by atoms with Gasteiger partial charge in [0.15, 0.2) is 0 Å². The fourth-order valence-corrected chi connectivity index (χ4v) is 4.12. The van der Waals surface area contributed by atoms with Crippen molar-refractivity contribution in [2.45, 2.75) is 39.7 Å². The number of hydrogen-bond donors (Lipinski definition) is 1. The standard InChI is InChI=1S/C20H27N5O2/c1-14-11-15-16(12-20(2,3)13-17(15)27-14)23-19(26)25-9-7-24(8-10-25)18-21-5-4-6-22-18/h4-6,11,16H,7-10,12-13H2,1-3H3,(H,23,26). The average Bonchev–Trinajstić information content (AvgIpc) is 3.01. The summed E-state index contributed by atoms with van der Waals surface area (Å²) in [6, 6.07) is 3.88. The maximum atomic E-state index is 12.9. The number of nitrogens with one attached hydrogen (secondary N) is 1. The van der Waals surface area contributed by atoms with Crippen LogP contribution in [0.15, 0.2) is 28.9 Å². The molecule has 1 N–H and O–H groups in total. The van der Waals surface area contributed by atoms with Gasteiger partial charge in [0.1, 0.15) is 11.5 Å². The molecule has 1 aliphatic carbocycles. The van der Waals surface area contributed by atoms with Crippen molar-refractivity contribution in [3.05, 3.63) is 41.6 Å². The smallest absolute Gasteiger partial charge is 0.318 e. The third-order valence-electron chi connectivity index (χ3n) is 5.44. The molecular weight excluding hydrogens is 342 g/mol. The summed E-state index contributed by atoms with van der Waals surface area (Å²) in [5.41, 5.74) is 1.25. The van der Waals surface area contributed by atoms with Crippen LogP contribution in [0.2, 0.25) is 0 Å². The van der Waals surface area contributed by atoms with Gasteiger partial charge in [-0.3, -0.25) is 0 Å². The van der Waals surface area contributed by atoms with Crippen LogP contribution in [0.1, 0.15) is 43.4 Å². The number of hydrogen-bond acceptors (Lipinski definition) is 5. The Labute approximate surface area is 159 Å². The Morgan fingerprint density at radius 1 is 1.22 bits per heavy atom. The van der Waals surface area contributed by atoms with Crippen LogP contribution in [0.3, 0.4) is 0 Å². The van der Waals surface area contributed by atoms with Gasteiger partial charge in [0, 0.05) is 50.6 Å². The zero-order chi connectivity index (χ0) is 19.0. The number of amides is 2. The molecule has 144 valence electrons. The highest BCUT2D eigenvalue weighted by atomic mass is 16.3. The fourth-order valence-electron chi connectivity index (χ4n) is 4.12. The molecule has 4 rings (SSSR count). The predicted octanol–water partition coefficient (Wildman–Crippen LogP) is 2.92. The molecule has 0 aromatic carbocycles. The van der Waals surface area contributed by atoms with E-state index in [2.05, 4.69) is 40.1 Å². The van der Waals surface area contributed by atoms with Gasteiger partial charge >= 0.3 is 6.03 Å². The number of aromatic nitrogens is 2. The highest BCUT2D eigenvalue weighted by Gasteiger charge is 2.36. The first kappa shape index (κ1) is 17.8. The Morgan fingerprint density at radius 3 is 2.63 bits per heavy atom. The quantitative estimate of drug-likeness (QED) is 0.881. The molecule has 0 radical (unpaired) electrons. The third kappa shape index (κ3) is 3.77. The second kappa shape index (κ2) is 6.87. The Hall–Kier alpha value is -2.57. The fraction of sp³-hybridized carbons (Fsp3) is 0.550. The van der Waals surface area contributed by atoms with Crippen LogP contribution in [-0.4, -0.2) is 47.1 Å². The third-order valence-corrected chi connectivity index (χ3v) is 5.44. The Morgan fingerprint density at radius 2 is 1.93 bits per heavy atom. The first-order valence-electron chi connectivity index (χ1n) is 9.58. The molecule has 1 unspecified atom stereocenters. The molecule has 0 spiro atoms. The summed E-state index contributed by atoms with van der Waals surface area (Å²) < 4.78 is 5.88. The van der Waals surface area contributed by atoms with E-state index in [1.807, 2.05) is 17.9 Å². The molecule has 1 saturated heterocycles. The number of anilines is 1. The van der Waals surface area contributed by atoms with Crippen molar-refractivity contribution >= 4 is 12.0 Å². The topological polar surface area (TPSA) is 74.5 Å². The molecule has 0 bridgehead atoms. The lowest BCUT2D eigenvalue weighted by molar-refractivity contribution is 0.178. The predicted molar refractivity (Wildman–Crippen MR) is 103 cm³/mol. The van der Waals surface area contributed by atoms with Crippen molar-refractivity contribution in [3.63, 3.8) is 0 Å². The molecule has 7 nitrogen and oxygen atoms in total. The van der Waals surface area contributed by atoms with E-state index >= 15 is 0 Å². The summed E-state index contributed by atoms with van der Waals surface area (Å²) in [7, 11) is 0.